The van der Waals surface area contributed by atoms with Crippen LogP contribution in [0.25, 0.3) is 21.2 Å². The first kappa shape index (κ1) is 19.0. The fourth-order valence-corrected chi connectivity index (χ4v) is 4.27. The minimum atomic E-state index is -0.215. The van der Waals surface area contributed by atoms with Crippen LogP contribution in [0, 0.1) is 0 Å². The first-order chi connectivity index (χ1) is 14.7. The van der Waals surface area contributed by atoms with Crippen molar-refractivity contribution in [2.75, 3.05) is 36.6 Å². The summed E-state index contributed by atoms with van der Waals surface area (Å²) in [6, 6.07) is 6.86. The quantitative estimate of drug-likeness (QED) is 0.381. The van der Waals surface area contributed by atoms with E-state index in [9.17, 15) is 4.79 Å². The molecule has 1 aromatic carbocycles. The van der Waals surface area contributed by atoms with Crippen molar-refractivity contribution in [3.05, 3.63) is 56.7 Å². The topological polar surface area (TPSA) is 92.9 Å². The highest BCUT2D eigenvalue weighted by Gasteiger charge is 2.18. The van der Waals surface area contributed by atoms with E-state index in [1.54, 1.807) is 29.5 Å². The number of nitrogens with zero attached hydrogens (tertiary/aromatic N) is 4. The molecule has 4 heterocycles. The second-order valence-corrected chi connectivity index (χ2v) is 7.99. The predicted octanol–water partition coefficient (Wildman–Crippen LogP) is 3.73. The van der Waals surface area contributed by atoms with Crippen molar-refractivity contribution in [2.24, 2.45) is 5.10 Å². The van der Waals surface area contributed by atoms with Crippen LogP contribution in [0.3, 0.4) is 0 Å². The van der Waals surface area contributed by atoms with Gasteiger partial charge in [0.25, 0.3) is 0 Å². The van der Waals surface area contributed by atoms with Gasteiger partial charge in [0.15, 0.2) is 5.82 Å². The third kappa shape index (κ3) is 3.62. The Labute approximate surface area is 179 Å². The average molecular weight is 442 g/mol. The van der Waals surface area contributed by atoms with Crippen LogP contribution >= 0.6 is 22.9 Å². The van der Waals surface area contributed by atoms with Gasteiger partial charge < -0.3 is 14.1 Å². The van der Waals surface area contributed by atoms with Crippen LogP contribution in [0.2, 0.25) is 5.02 Å². The molecule has 0 atom stereocenters. The van der Waals surface area contributed by atoms with Gasteiger partial charge in [-0.25, -0.2) is 10.4 Å². The molecule has 0 bridgehead atoms. The molecule has 1 fully saturated rings. The van der Waals surface area contributed by atoms with Gasteiger partial charge in [0.2, 0.25) is 11.4 Å². The van der Waals surface area contributed by atoms with E-state index in [2.05, 4.69) is 25.4 Å². The summed E-state index contributed by atoms with van der Waals surface area (Å²) in [5.74, 6) is 1.21. The van der Waals surface area contributed by atoms with E-state index in [1.165, 1.54) is 12.5 Å². The molecule has 3 aromatic heterocycles. The summed E-state index contributed by atoms with van der Waals surface area (Å²) in [4.78, 5) is 24.0. The first-order valence-corrected chi connectivity index (χ1v) is 10.5. The molecule has 8 nitrogen and oxygen atoms in total. The molecule has 30 heavy (non-hydrogen) atoms. The number of rotatable bonds is 4. The van der Waals surface area contributed by atoms with Crippen molar-refractivity contribution in [3.63, 3.8) is 0 Å². The van der Waals surface area contributed by atoms with Crippen LogP contribution in [0.4, 0.5) is 11.8 Å². The van der Waals surface area contributed by atoms with Crippen molar-refractivity contribution in [1.29, 1.82) is 0 Å². The van der Waals surface area contributed by atoms with Crippen LogP contribution in [-0.2, 0) is 4.74 Å². The van der Waals surface area contributed by atoms with E-state index >= 15 is 0 Å². The van der Waals surface area contributed by atoms with Crippen molar-refractivity contribution in [1.82, 2.24) is 9.97 Å². The van der Waals surface area contributed by atoms with Gasteiger partial charge in [-0.3, -0.25) is 4.79 Å². The molecule has 1 aliphatic heterocycles. The van der Waals surface area contributed by atoms with Gasteiger partial charge in [-0.1, -0.05) is 11.6 Å². The lowest BCUT2D eigenvalue weighted by atomic mass is 10.2. The Balaban J connectivity index is 1.44. The number of morpholine rings is 1. The highest BCUT2D eigenvalue weighted by molar-refractivity contribution is 7.17. The molecule has 5 rings (SSSR count). The molecular weight excluding hydrogens is 426 g/mol. The third-order valence-electron chi connectivity index (χ3n) is 4.73. The molecule has 10 heteroatoms. The van der Waals surface area contributed by atoms with Crippen LogP contribution in [0.15, 0.2) is 50.2 Å². The minimum absolute atomic E-state index is 0.215. The number of anilines is 2. The molecule has 0 saturated carbocycles. The fraction of sp³-hybridized carbons (Fsp3) is 0.200. The maximum atomic E-state index is 12.6. The monoisotopic (exact) mass is 441 g/mol. The fourth-order valence-electron chi connectivity index (χ4n) is 3.25. The van der Waals surface area contributed by atoms with E-state index in [4.69, 9.17) is 20.8 Å². The molecule has 0 unspecified atom stereocenters. The number of hydrogen-bond donors (Lipinski definition) is 1. The summed E-state index contributed by atoms with van der Waals surface area (Å²) < 4.78 is 12.0. The highest BCUT2D eigenvalue weighted by Crippen LogP contribution is 2.30. The Morgan fingerprint density at radius 2 is 2.10 bits per heavy atom. The van der Waals surface area contributed by atoms with Gasteiger partial charge in [0.1, 0.15) is 11.8 Å². The first-order valence-electron chi connectivity index (χ1n) is 9.27. The van der Waals surface area contributed by atoms with Gasteiger partial charge >= 0.3 is 0 Å². The lowest BCUT2D eigenvalue weighted by Crippen LogP contribution is -2.36. The number of hydrogen-bond acceptors (Lipinski definition) is 9. The third-order valence-corrected chi connectivity index (χ3v) is 5.86. The van der Waals surface area contributed by atoms with E-state index in [1.807, 2.05) is 11.4 Å². The van der Waals surface area contributed by atoms with E-state index in [-0.39, 0.29) is 5.43 Å². The molecule has 4 aromatic rings. The van der Waals surface area contributed by atoms with Crippen LogP contribution in [0.5, 0.6) is 0 Å². The highest BCUT2D eigenvalue weighted by atomic mass is 35.5. The van der Waals surface area contributed by atoms with Gasteiger partial charge in [-0.2, -0.15) is 10.1 Å². The van der Waals surface area contributed by atoms with Crippen LogP contribution < -0.4 is 15.8 Å². The van der Waals surface area contributed by atoms with E-state index in [0.717, 1.165) is 29.1 Å². The Morgan fingerprint density at radius 1 is 1.23 bits per heavy atom. The summed E-state index contributed by atoms with van der Waals surface area (Å²) >= 11 is 7.59. The Kier molecular flexibility index (Phi) is 5.07. The van der Waals surface area contributed by atoms with E-state index < -0.39 is 0 Å². The number of benzene rings is 1. The summed E-state index contributed by atoms with van der Waals surface area (Å²) in [6.07, 6.45) is 2.76. The number of fused-ring (bicyclic) bond motifs is 2. The molecule has 0 radical (unpaired) electrons. The molecule has 0 aliphatic carbocycles. The summed E-state index contributed by atoms with van der Waals surface area (Å²) in [6.45, 7) is 2.87. The van der Waals surface area contributed by atoms with Crippen LogP contribution in [-0.4, -0.2) is 42.5 Å². The van der Waals surface area contributed by atoms with Gasteiger partial charge in [-0.05, 0) is 29.6 Å². The van der Waals surface area contributed by atoms with Gasteiger partial charge in [-0.15, -0.1) is 11.3 Å². The maximum absolute atomic E-state index is 12.6. The number of halogens is 1. The number of ether oxygens (including phenoxy) is 1. The smallest absolute Gasteiger partial charge is 0.246 e. The van der Waals surface area contributed by atoms with Crippen molar-refractivity contribution in [2.45, 2.75) is 0 Å². The summed E-state index contributed by atoms with van der Waals surface area (Å²) in [7, 11) is 0. The lowest BCUT2D eigenvalue weighted by Gasteiger charge is -2.28. The average Bonchev–Trinajstić information content (AvgIpc) is 3.24. The molecule has 1 N–H and O–H groups in total. The van der Waals surface area contributed by atoms with E-state index in [0.29, 0.717) is 40.7 Å². The number of thiophene rings is 1. The van der Waals surface area contributed by atoms with Gasteiger partial charge in [0, 0.05) is 18.1 Å². The Bertz CT molecular complexity index is 1310. The second-order valence-electron chi connectivity index (χ2n) is 6.64. The lowest BCUT2D eigenvalue weighted by molar-refractivity contribution is 0.122. The molecule has 0 spiro atoms. The molecule has 1 aliphatic rings. The summed E-state index contributed by atoms with van der Waals surface area (Å²) in [5, 5.41) is 7.00. The van der Waals surface area contributed by atoms with Crippen molar-refractivity contribution in [3.8, 4) is 0 Å². The predicted molar refractivity (Wildman–Crippen MR) is 119 cm³/mol. The second kappa shape index (κ2) is 8.02. The molecule has 1 saturated heterocycles. The zero-order valence-corrected chi connectivity index (χ0v) is 17.2. The Hall–Kier alpha value is -3.01. The largest absolute Gasteiger partial charge is 0.463 e. The van der Waals surface area contributed by atoms with Crippen LogP contribution in [0.1, 0.15) is 5.56 Å². The number of nitrogens with one attached hydrogen (secondary N) is 1. The number of aromatic nitrogens is 2. The standard InChI is InChI=1S/C20H16ClN5O3S/c21-13-1-2-16-14(9-13)17(27)12(11-29-16)10-22-25-20-23-15-3-8-30-18(15)19(24-20)26-4-6-28-7-5-26/h1-3,8-11H,4-7H2,(H,23,24,25)/b22-10+. The normalized spacial score (nSPS) is 14.8. The van der Waals surface area contributed by atoms with Crippen molar-refractivity contribution >= 4 is 62.1 Å². The SMILES string of the molecule is O=c1c(/C=N/Nc2nc(N3CCOCC3)c3sccc3n2)coc2ccc(Cl)cc12. The molecular formula is C20H16ClN5O3S. The zero-order chi connectivity index (χ0) is 20.5. The maximum Gasteiger partial charge on any atom is 0.246 e. The summed E-state index contributed by atoms with van der Waals surface area (Å²) in [5.41, 5.74) is 4.22. The molecule has 152 valence electrons. The minimum Gasteiger partial charge on any atom is -0.463 e. The zero-order valence-electron chi connectivity index (χ0n) is 15.7. The number of hydrazone groups is 1. The van der Waals surface area contributed by atoms with Gasteiger partial charge in [0.05, 0.1) is 40.6 Å². The molecule has 0 amide bonds. The van der Waals surface area contributed by atoms with Crippen molar-refractivity contribution < 1.29 is 9.15 Å². The Morgan fingerprint density at radius 3 is 2.97 bits per heavy atom.